The van der Waals surface area contributed by atoms with Crippen LogP contribution in [0.2, 0.25) is 0 Å². The number of rotatable bonds is 5. The molecule has 1 aliphatic carbocycles. The van der Waals surface area contributed by atoms with Gasteiger partial charge in [0.25, 0.3) is 5.91 Å². The molecule has 4 heterocycles. The molecule has 28 heavy (non-hydrogen) atoms. The molecule has 2 amide bonds. The Morgan fingerprint density at radius 2 is 2.14 bits per heavy atom. The molecule has 5 rings (SSSR count). The molecule has 1 atom stereocenters. The van der Waals surface area contributed by atoms with Crippen LogP contribution in [0.4, 0.5) is 11.9 Å². The van der Waals surface area contributed by atoms with Crippen LogP contribution in [0, 0.1) is 0 Å². The maximum atomic E-state index is 11.9. The summed E-state index contributed by atoms with van der Waals surface area (Å²) in [6.45, 7) is 0.837. The number of aliphatic hydroxyl groups excluding tert-OH is 1. The van der Waals surface area contributed by atoms with Crippen LogP contribution in [0.15, 0.2) is 11.8 Å². The van der Waals surface area contributed by atoms with E-state index in [2.05, 4.69) is 20.7 Å². The largest absolute Gasteiger partial charge is 0.394 e. The zero-order valence-corrected chi connectivity index (χ0v) is 15.3. The first-order valence-electron chi connectivity index (χ1n) is 9.57. The van der Waals surface area contributed by atoms with Gasteiger partial charge in [-0.3, -0.25) is 14.9 Å². The summed E-state index contributed by atoms with van der Waals surface area (Å²) < 4.78 is 1.63. The first-order valence-corrected chi connectivity index (χ1v) is 9.57. The number of anilines is 2. The van der Waals surface area contributed by atoms with Crippen LogP contribution in [0.5, 0.6) is 0 Å². The van der Waals surface area contributed by atoms with Crippen molar-refractivity contribution in [2.24, 2.45) is 0 Å². The average molecular weight is 383 g/mol. The number of hydrogen-bond acceptors (Lipinski definition) is 8. The number of aromatic nitrogens is 4. The van der Waals surface area contributed by atoms with Crippen molar-refractivity contribution in [1.82, 2.24) is 24.9 Å². The van der Waals surface area contributed by atoms with Gasteiger partial charge in [0.2, 0.25) is 17.8 Å². The predicted octanol–water partition coefficient (Wildman–Crippen LogP) is 0.0896. The number of hydrogen-bond donors (Lipinski definition) is 3. The van der Waals surface area contributed by atoms with Crippen LogP contribution >= 0.6 is 0 Å². The molecule has 2 saturated heterocycles. The van der Waals surface area contributed by atoms with Crippen molar-refractivity contribution in [2.75, 3.05) is 23.4 Å². The van der Waals surface area contributed by atoms with Crippen LogP contribution in [0.1, 0.15) is 37.7 Å². The van der Waals surface area contributed by atoms with Crippen molar-refractivity contribution in [3.05, 3.63) is 17.3 Å². The Morgan fingerprint density at radius 3 is 2.86 bits per heavy atom. The number of nitrogens with zero attached hydrogens (tertiary/aromatic N) is 5. The zero-order chi connectivity index (χ0) is 19.3. The molecule has 0 unspecified atom stereocenters. The van der Waals surface area contributed by atoms with E-state index >= 15 is 0 Å². The first-order chi connectivity index (χ1) is 13.6. The lowest BCUT2D eigenvalue weighted by Gasteiger charge is -2.23. The molecule has 3 N–H and O–H groups in total. The summed E-state index contributed by atoms with van der Waals surface area (Å²) in [4.78, 5) is 34.8. The molecular weight excluding hydrogens is 362 g/mol. The summed E-state index contributed by atoms with van der Waals surface area (Å²) in [6.07, 6.45) is 7.39. The zero-order valence-electron chi connectivity index (χ0n) is 15.3. The standard InChI is InChI=1S/C18H21N7O3/c26-9-13-2-1-5-24(13)17-22-15-11(6-10-7-14(27)21-16(10)28)8-19-25(15)18(23-17)20-12-3-4-12/h6,8,12-13,26H,1-5,7,9H2,(H,20,22,23)(H,21,27,28)/b10-6+/t13-/m0/s1. The maximum absolute atomic E-state index is 11.9. The van der Waals surface area contributed by atoms with Crippen molar-refractivity contribution in [1.29, 1.82) is 0 Å². The van der Waals surface area contributed by atoms with Gasteiger partial charge in [-0.2, -0.15) is 19.6 Å². The molecule has 2 aromatic heterocycles. The van der Waals surface area contributed by atoms with Gasteiger partial charge in [-0.1, -0.05) is 0 Å². The quantitative estimate of drug-likeness (QED) is 0.490. The van der Waals surface area contributed by atoms with Gasteiger partial charge in [-0.15, -0.1) is 0 Å². The van der Waals surface area contributed by atoms with Gasteiger partial charge in [0.05, 0.1) is 25.3 Å². The number of amides is 2. The van der Waals surface area contributed by atoms with Gasteiger partial charge >= 0.3 is 0 Å². The van der Waals surface area contributed by atoms with Crippen molar-refractivity contribution in [2.45, 2.75) is 44.2 Å². The molecule has 0 radical (unpaired) electrons. The maximum Gasteiger partial charge on any atom is 0.254 e. The number of nitrogens with one attached hydrogen (secondary N) is 2. The van der Waals surface area contributed by atoms with E-state index in [4.69, 9.17) is 4.98 Å². The van der Waals surface area contributed by atoms with E-state index in [1.54, 1.807) is 16.8 Å². The van der Waals surface area contributed by atoms with Crippen molar-refractivity contribution in [3.8, 4) is 0 Å². The number of aliphatic hydroxyl groups is 1. The van der Waals surface area contributed by atoms with Gasteiger partial charge in [-0.25, -0.2) is 0 Å². The predicted molar refractivity (Wildman–Crippen MR) is 101 cm³/mol. The molecule has 2 aliphatic heterocycles. The van der Waals surface area contributed by atoms with Gasteiger partial charge in [0, 0.05) is 23.7 Å². The van der Waals surface area contributed by atoms with Gasteiger partial charge in [-0.05, 0) is 31.8 Å². The highest BCUT2D eigenvalue weighted by Crippen LogP contribution is 2.29. The molecule has 3 aliphatic rings. The van der Waals surface area contributed by atoms with Crippen LogP contribution in [-0.4, -0.2) is 61.7 Å². The highest BCUT2D eigenvalue weighted by molar-refractivity contribution is 6.15. The summed E-state index contributed by atoms with van der Waals surface area (Å²) in [7, 11) is 0. The van der Waals surface area contributed by atoms with E-state index in [1.165, 1.54) is 0 Å². The minimum absolute atomic E-state index is 0.000757. The molecule has 3 fully saturated rings. The molecule has 0 spiro atoms. The van der Waals surface area contributed by atoms with E-state index in [0.717, 1.165) is 32.2 Å². The number of imide groups is 1. The molecule has 0 bridgehead atoms. The molecule has 10 heteroatoms. The fourth-order valence-corrected chi connectivity index (χ4v) is 3.71. The van der Waals surface area contributed by atoms with E-state index in [9.17, 15) is 14.7 Å². The molecule has 1 saturated carbocycles. The molecular formula is C18H21N7O3. The molecule has 146 valence electrons. The number of carbonyl (C=O) groups is 2. The third kappa shape index (κ3) is 2.99. The number of carbonyl (C=O) groups excluding carboxylic acids is 2. The van der Waals surface area contributed by atoms with Crippen molar-refractivity contribution < 1.29 is 14.7 Å². The minimum Gasteiger partial charge on any atom is -0.394 e. The van der Waals surface area contributed by atoms with E-state index in [0.29, 0.717) is 34.7 Å². The molecule has 10 nitrogen and oxygen atoms in total. The van der Waals surface area contributed by atoms with Crippen molar-refractivity contribution in [3.63, 3.8) is 0 Å². The van der Waals surface area contributed by atoms with Crippen LogP contribution in [-0.2, 0) is 9.59 Å². The lowest BCUT2D eigenvalue weighted by Crippen LogP contribution is -2.34. The Balaban J connectivity index is 1.60. The second kappa shape index (κ2) is 6.55. The fourth-order valence-electron chi connectivity index (χ4n) is 3.71. The third-order valence-corrected chi connectivity index (χ3v) is 5.36. The lowest BCUT2D eigenvalue weighted by atomic mass is 10.1. The van der Waals surface area contributed by atoms with Gasteiger partial charge in [0.1, 0.15) is 0 Å². The average Bonchev–Trinajstić information content (AvgIpc) is 3.08. The van der Waals surface area contributed by atoms with Crippen LogP contribution < -0.4 is 15.5 Å². The van der Waals surface area contributed by atoms with E-state index in [-0.39, 0.29) is 30.9 Å². The summed E-state index contributed by atoms with van der Waals surface area (Å²) in [5.41, 5.74) is 1.62. The topological polar surface area (TPSA) is 125 Å². The Morgan fingerprint density at radius 1 is 1.29 bits per heavy atom. The Bertz CT molecular complexity index is 994. The lowest BCUT2D eigenvalue weighted by molar-refractivity contribution is -0.124. The Hall–Kier alpha value is -3.01. The van der Waals surface area contributed by atoms with E-state index in [1.807, 2.05) is 4.90 Å². The summed E-state index contributed by atoms with van der Waals surface area (Å²) in [6, 6.07) is 0.376. The highest BCUT2D eigenvalue weighted by Gasteiger charge is 2.30. The van der Waals surface area contributed by atoms with Gasteiger partial charge in [0.15, 0.2) is 5.65 Å². The monoisotopic (exact) mass is 383 g/mol. The Kier molecular flexibility index (Phi) is 4.00. The van der Waals surface area contributed by atoms with Crippen LogP contribution in [0.25, 0.3) is 11.7 Å². The second-order valence-electron chi connectivity index (χ2n) is 7.50. The first kappa shape index (κ1) is 17.1. The molecule has 0 aromatic carbocycles. The van der Waals surface area contributed by atoms with E-state index < -0.39 is 0 Å². The minimum atomic E-state index is -0.380. The summed E-state index contributed by atoms with van der Waals surface area (Å²) in [5.74, 6) is 0.457. The SMILES string of the molecule is O=C1C/C(=C\c2cnn3c(NC4CC4)nc(N4CCC[C@H]4CO)nc23)C(=O)N1. The third-order valence-electron chi connectivity index (χ3n) is 5.36. The summed E-state index contributed by atoms with van der Waals surface area (Å²) >= 11 is 0. The highest BCUT2D eigenvalue weighted by atomic mass is 16.3. The van der Waals surface area contributed by atoms with Crippen molar-refractivity contribution >= 4 is 35.4 Å². The van der Waals surface area contributed by atoms with Gasteiger partial charge < -0.3 is 15.3 Å². The fraction of sp³-hybridized carbons (Fsp3) is 0.500. The van der Waals surface area contributed by atoms with Crippen LogP contribution in [0.3, 0.4) is 0 Å². The smallest absolute Gasteiger partial charge is 0.254 e. The normalized spacial score (nSPS) is 23.8. The molecule has 2 aromatic rings. The Labute approximate surface area is 160 Å². The number of fused-ring (bicyclic) bond motifs is 1. The second-order valence-corrected chi connectivity index (χ2v) is 7.50. The summed E-state index contributed by atoms with van der Waals surface area (Å²) in [5, 5.41) is 19.7.